The SMILES string of the molecule is CC[C@@H](N)c1ccc(Cc2ccccc2)cc1. The van der Waals surface area contributed by atoms with Crippen LogP contribution in [-0.2, 0) is 6.42 Å². The van der Waals surface area contributed by atoms with E-state index >= 15 is 0 Å². The zero-order chi connectivity index (χ0) is 12.1. The highest BCUT2D eigenvalue weighted by Gasteiger charge is 2.02. The number of hydrogen-bond donors (Lipinski definition) is 1. The summed E-state index contributed by atoms with van der Waals surface area (Å²) in [6.07, 6.45) is 1.97. The molecule has 0 radical (unpaired) electrons. The van der Waals surface area contributed by atoms with Crippen molar-refractivity contribution in [1.82, 2.24) is 0 Å². The molecule has 0 bridgehead atoms. The van der Waals surface area contributed by atoms with Gasteiger partial charge in [-0.25, -0.2) is 0 Å². The molecule has 0 aliphatic heterocycles. The Labute approximate surface area is 103 Å². The van der Waals surface area contributed by atoms with E-state index in [-0.39, 0.29) is 6.04 Å². The van der Waals surface area contributed by atoms with Crippen molar-refractivity contribution in [2.24, 2.45) is 5.73 Å². The molecule has 0 spiro atoms. The molecule has 1 nitrogen and oxygen atoms in total. The first-order valence-electron chi connectivity index (χ1n) is 6.18. The second-order valence-corrected chi connectivity index (χ2v) is 4.42. The van der Waals surface area contributed by atoms with E-state index in [1.807, 2.05) is 6.07 Å². The third kappa shape index (κ3) is 3.18. The van der Waals surface area contributed by atoms with Gasteiger partial charge in [0.25, 0.3) is 0 Å². The van der Waals surface area contributed by atoms with Gasteiger partial charge in [0.05, 0.1) is 0 Å². The molecule has 0 aliphatic carbocycles. The van der Waals surface area contributed by atoms with Crippen LogP contribution in [0, 0.1) is 0 Å². The van der Waals surface area contributed by atoms with Crippen LogP contribution in [0.15, 0.2) is 54.6 Å². The van der Waals surface area contributed by atoms with Gasteiger partial charge >= 0.3 is 0 Å². The first-order valence-corrected chi connectivity index (χ1v) is 6.18. The summed E-state index contributed by atoms with van der Waals surface area (Å²) in [6, 6.07) is 19.3. The molecule has 0 saturated heterocycles. The minimum Gasteiger partial charge on any atom is -0.324 e. The highest BCUT2D eigenvalue weighted by molar-refractivity contribution is 5.29. The predicted molar refractivity (Wildman–Crippen MR) is 72.9 cm³/mol. The average molecular weight is 225 g/mol. The number of hydrogen-bond acceptors (Lipinski definition) is 1. The molecule has 2 aromatic rings. The standard InChI is InChI=1S/C16H19N/c1-2-16(17)15-10-8-14(9-11-15)12-13-6-4-3-5-7-13/h3-11,16H,2,12,17H2,1H3/t16-/m1/s1. The normalized spacial score (nSPS) is 12.4. The van der Waals surface area contributed by atoms with Crippen LogP contribution in [0.5, 0.6) is 0 Å². The van der Waals surface area contributed by atoms with Gasteiger partial charge in [-0.1, -0.05) is 61.5 Å². The van der Waals surface area contributed by atoms with Crippen molar-refractivity contribution in [1.29, 1.82) is 0 Å². The van der Waals surface area contributed by atoms with Gasteiger partial charge in [-0.15, -0.1) is 0 Å². The Bertz CT molecular complexity index is 445. The number of nitrogens with two attached hydrogens (primary N) is 1. The van der Waals surface area contributed by atoms with Crippen LogP contribution in [0.2, 0.25) is 0 Å². The average Bonchev–Trinajstić information content (AvgIpc) is 2.40. The lowest BCUT2D eigenvalue weighted by Crippen LogP contribution is -2.08. The van der Waals surface area contributed by atoms with Gasteiger partial charge in [-0.05, 0) is 29.5 Å². The van der Waals surface area contributed by atoms with Gasteiger partial charge in [-0.3, -0.25) is 0 Å². The van der Waals surface area contributed by atoms with Crippen molar-refractivity contribution in [3.05, 3.63) is 71.3 Å². The molecule has 17 heavy (non-hydrogen) atoms. The zero-order valence-corrected chi connectivity index (χ0v) is 10.3. The largest absolute Gasteiger partial charge is 0.324 e. The second-order valence-electron chi connectivity index (χ2n) is 4.42. The lowest BCUT2D eigenvalue weighted by atomic mass is 10.0. The molecule has 0 fully saturated rings. The van der Waals surface area contributed by atoms with Gasteiger partial charge < -0.3 is 5.73 Å². The molecule has 0 aliphatic rings. The molecular weight excluding hydrogens is 206 g/mol. The molecule has 0 heterocycles. The van der Waals surface area contributed by atoms with Crippen LogP contribution < -0.4 is 5.73 Å². The molecule has 0 amide bonds. The van der Waals surface area contributed by atoms with Crippen LogP contribution in [0.3, 0.4) is 0 Å². The van der Waals surface area contributed by atoms with E-state index in [1.54, 1.807) is 0 Å². The minimum absolute atomic E-state index is 0.167. The summed E-state index contributed by atoms with van der Waals surface area (Å²) >= 11 is 0. The summed E-state index contributed by atoms with van der Waals surface area (Å²) < 4.78 is 0. The van der Waals surface area contributed by atoms with Crippen molar-refractivity contribution >= 4 is 0 Å². The fourth-order valence-electron chi connectivity index (χ4n) is 1.95. The lowest BCUT2D eigenvalue weighted by molar-refractivity contribution is 0.698. The third-order valence-electron chi connectivity index (χ3n) is 3.10. The lowest BCUT2D eigenvalue weighted by Gasteiger charge is -2.10. The topological polar surface area (TPSA) is 26.0 Å². The van der Waals surface area contributed by atoms with Crippen LogP contribution >= 0.6 is 0 Å². The maximum absolute atomic E-state index is 6.00. The summed E-state index contributed by atoms with van der Waals surface area (Å²) in [4.78, 5) is 0. The zero-order valence-electron chi connectivity index (χ0n) is 10.3. The summed E-state index contributed by atoms with van der Waals surface area (Å²) in [5.74, 6) is 0. The Morgan fingerprint density at radius 3 is 2.06 bits per heavy atom. The van der Waals surface area contributed by atoms with E-state index in [9.17, 15) is 0 Å². The van der Waals surface area contributed by atoms with Crippen LogP contribution in [-0.4, -0.2) is 0 Å². The first-order chi connectivity index (χ1) is 8.29. The van der Waals surface area contributed by atoms with Crippen molar-refractivity contribution in [2.75, 3.05) is 0 Å². The van der Waals surface area contributed by atoms with Gasteiger partial charge in [0.15, 0.2) is 0 Å². The Kier molecular flexibility index (Phi) is 3.94. The van der Waals surface area contributed by atoms with Gasteiger partial charge in [0, 0.05) is 6.04 Å². The first kappa shape index (κ1) is 11.9. The van der Waals surface area contributed by atoms with E-state index in [0.29, 0.717) is 0 Å². The molecule has 2 N–H and O–H groups in total. The van der Waals surface area contributed by atoms with Gasteiger partial charge in [-0.2, -0.15) is 0 Å². The Balaban J connectivity index is 2.08. The van der Waals surface area contributed by atoms with Crippen LogP contribution in [0.1, 0.15) is 36.1 Å². The maximum atomic E-state index is 6.00. The quantitative estimate of drug-likeness (QED) is 0.843. The summed E-state index contributed by atoms with van der Waals surface area (Å²) in [7, 11) is 0. The molecule has 88 valence electrons. The van der Waals surface area contributed by atoms with Gasteiger partial charge in [0.2, 0.25) is 0 Å². The van der Waals surface area contributed by atoms with Crippen molar-refractivity contribution in [2.45, 2.75) is 25.8 Å². The highest BCUT2D eigenvalue weighted by atomic mass is 14.6. The highest BCUT2D eigenvalue weighted by Crippen LogP contribution is 2.16. The van der Waals surface area contributed by atoms with Gasteiger partial charge in [0.1, 0.15) is 0 Å². The summed E-state index contributed by atoms with van der Waals surface area (Å²) in [5.41, 5.74) is 9.91. The van der Waals surface area contributed by atoms with Crippen LogP contribution in [0.25, 0.3) is 0 Å². The second kappa shape index (κ2) is 5.65. The van der Waals surface area contributed by atoms with E-state index in [1.165, 1.54) is 16.7 Å². The molecule has 2 rings (SSSR count). The fourth-order valence-corrected chi connectivity index (χ4v) is 1.95. The molecular formula is C16H19N. The third-order valence-corrected chi connectivity index (χ3v) is 3.10. The number of rotatable bonds is 4. The Morgan fingerprint density at radius 1 is 0.882 bits per heavy atom. The monoisotopic (exact) mass is 225 g/mol. The summed E-state index contributed by atoms with van der Waals surface area (Å²) in [5, 5.41) is 0. The maximum Gasteiger partial charge on any atom is 0.0292 e. The Morgan fingerprint density at radius 2 is 1.47 bits per heavy atom. The number of benzene rings is 2. The van der Waals surface area contributed by atoms with E-state index in [2.05, 4.69) is 55.5 Å². The van der Waals surface area contributed by atoms with E-state index in [0.717, 1.165) is 12.8 Å². The molecule has 0 unspecified atom stereocenters. The molecule has 0 aromatic heterocycles. The molecule has 1 atom stereocenters. The van der Waals surface area contributed by atoms with E-state index in [4.69, 9.17) is 5.73 Å². The predicted octanol–water partition coefficient (Wildman–Crippen LogP) is 3.69. The fraction of sp³-hybridized carbons (Fsp3) is 0.250. The molecule has 0 saturated carbocycles. The smallest absolute Gasteiger partial charge is 0.0292 e. The van der Waals surface area contributed by atoms with Crippen LogP contribution in [0.4, 0.5) is 0 Å². The van der Waals surface area contributed by atoms with Crippen molar-refractivity contribution in [3.63, 3.8) is 0 Å². The van der Waals surface area contributed by atoms with E-state index < -0.39 is 0 Å². The molecule has 1 heteroatoms. The summed E-state index contributed by atoms with van der Waals surface area (Å²) in [6.45, 7) is 2.11. The minimum atomic E-state index is 0.167. The molecule has 2 aromatic carbocycles. The Hall–Kier alpha value is -1.60. The van der Waals surface area contributed by atoms with Crippen molar-refractivity contribution in [3.8, 4) is 0 Å². The van der Waals surface area contributed by atoms with Crippen molar-refractivity contribution < 1.29 is 0 Å².